The second kappa shape index (κ2) is 65.9. The number of amides is 1. The summed E-state index contributed by atoms with van der Waals surface area (Å²) in [7, 11) is 0. The van der Waals surface area contributed by atoms with Crippen LogP contribution in [0.2, 0.25) is 0 Å². The van der Waals surface area contributed by atoms with Gasteiger partial charge in [0.25, 0.3) is 0 Å². The van der Waals surface area contributed by atoms with Gasteiger partial charge in [-0.25, -0.2) is 0 Å². The molecule has 3 saturated heterocycles. The first-order chi connectivity index (χ1) is 51.3. The molecule has 17 unspecified atom stereocenters. The zero-order valence-corrected chi connectivity index (χ0v) is 65.7. The smallest absolute Gasteiger partial charge is 0.220 e. The van der Waals surface area contributed by atoms with Crippen molar-refractivity contribution in [3.63, 3.8) is 0 Å². The van der Waals surface area contributed by atoms with Crippen molar-refractivity contribution < 1.29 is 89.4 Å². The second-order valence-electron chi connectivity index (χ2n) is 30.3. The van der Waals surface area contributed by atoms with Crippen LogP contribution in [-0.4, -0.2) is 193 Å². The van der Waals surface area contributed by atoms with Gasteiger partial charge in [-0.3, -0.25) is 4.79 Å². The average Bonchev–Trinajstić information content (AvgIpc) is 0.781. The predicted molar refractivity (Wildman–Crippen MR) is 420 cm³/mol. The highest BCUT2D eigenvalue weighted by molar-refractivity contribution is 5.76. The number of nitrogens with one attached hydrogen (secondary N) is 1. The molecule has 0 saturated carbocycles. The molecule has 0 aromatic carbocycles. The van der Waals surface area contributed by atoms with E-state index < -0.39 is 124 Å². The Kier molecular flexibility index (Phi) is 60.5. The predicted octanol–water partition coefficient (Wildman–Crippen LogP) is 15.2. The molecule has 3 fully saturated rings. The van der Waals surface area contributed by atoms with Crippen LogP contribution < -0.4 is 5.32 Å². The lowest BCUT2D eigenvalue weighted by molar-refractivity contribution is -0.379. The number of unbranched alkanes of at least 4 members (excludes halogenated alkanes) is 42. The Hall–Kier alpha value is -2.77. The zero-order chi connectivity index (χ0) is 76.0. The van der Waals surface area contributed by atoms with Crippen molar-refractivity contribution in [3.8, 4) is 0 Å². The minimum absolute atomic E-state index is 0.235. The number of carbonyl (C=O) groups excluding carboxylic acids is 1. The van der Waals surface area contributed by atoms with Gasteiger partial charge in [0.05, 0.1) is 38.6 Å². The maximum atomic E-state index is 13.5. The molecule has 12 N–H and O–H groups in total. The fourth-order valence-electron chi connectivity index (χ4n) is 14.2. The van der Waals surface area contributed by atoms with Crippen molar-refractivity contribution >= 4 is 5.91 Å². The second-order valence-corrected chi connectivity index (χ2v) is 30.3. The normalized spacial score (nSPS) is 26.1. The summed E-state index contributed by atoms with van der Waals surface area (Å²) in [6.07, 6.45) is 60.4. The highest BCUT2D eigenvalue weighted by Crippen LogP contribution is 2.33. The molecule has 0 spiro atoms. The quantitative estimate of drug-likeness (QED) is 0.0199. The van der Waals surface area contributed by atoms with E-state index in [1.54, 1.807) is 6.08 Å². The number of hydrogen-bond donors (Lipinski definition) is 12. The topological polar surface area (TPSA) is 307 Å². The van der Waals surface area contributed by atoms with Crippen molar-refractivity contribution in [2.45, 2.75) is 439 Å². The first-order valence-electron chi connectivity index (χ1n) is 42.7. The molecule has 612 valence electrons. The lowest BCUT2D eigenvalue weighted by Crippen LogP contribution is -2.66. The summed E-state index contributed by atoms with van der Waals surface area (Å²) in [5.41, 5.74) is 0. The van der Waals surface area contributed by atoms with Crippen LogP contribution in [-0.2, 0) is 33.2 Å². The van der Waals surface area contributed by atoms with Gasteiger partial charge in [0.2, 0.25) is 5.91 Å². The fraction of sp³-hybridized carbons (Fsp3) is 0.849. The van der Waals surface area contributed by atoms with Crippen LogP contribution in [0.25, 0.3) is 0 Å². The number of rotatable bonds is 68. The molecule has 19 heteroatoms. The van der Waals surface area contributed by atoms with Gasteiger partial charge < -0.3 is 89.9 Å². The number of allylic oxidation sites excluding steroid dienone is 11. The standard InChI is InChI=1S/C86H155NO18/c1-3-5-7-9-11-13-15-17-19-21-23-25-27-29-31-33-34-36-38-40-42-44-46-48-50-52-54-56-58-60-62-64-74(92)87-69(70(91)63-61-59-57-55-53-51-49-47-45-43-41-39-37-35-32-30-28-26-24-22-20-18-16-14-12-10-8-6-4-2)68-100-84-80(98)77(95)82(72(66-89)102-84)105-86-81(99)78(96)83(73(67-90)103-86)104-85-79(97)76(94)75(93)71(65-88)101-85/h5,7,11,13,17,19,23,25,53,55,61,63,69-73,75-86,88-91,93-99H,3-4,6,8-10,12,14-16,18,20-22,24,26-52,54,56-60,62,64-68H2,1-2H3,(H,87,92)/b7-5-,13-11-,19-17-,25-23-,55-53+,63-61+. The van der Waals surface area contributed by atoms with E-state index in [2.05, 4.69) is 79.9 Å². The Balaban J connectivity index is 1.36. The van der Waals surface area contributed by atoms with Gasteiger partial charge in [0, 0.05) is 6.42 Å². The Morgan fingerprint density at radius 2 is 0.667 bits per heavy atom. The summed E-state index contributed by atoms with van der Waals surface area (Å²) < 4.78 is 34.5. The lowest BCUT2D eigenvalue weighted by atomic mass is 9.96. The molecule has 0 radical (unpaired) electrons. The van der Waals surface area contributed by atoms with Crippen LogP contribution >= 0.6 is 0 Å². The fourth-order valence-corrected chi connectivity index (χ4v) is 14.2. The minimum Gasteiger partial charge on any atom is -0.394 e. The molecular weight excluding hydrogens is 1330 g/mol. The van der Waals surface area contributed by atoms with Crippen molar-refractivity contribution in [2.24, 2.45) is 0 Å². The number of aliphatic hydroxyl groups is 11. The SMILES string of the molecule is CC/C=C\C/C=C\C/C=C\C/C=C\CCCCCCCCCCCCCCCCCCCCC(=O)NC(COC1OC(CO)C(OC2OC(CO)C(OC3OC(CO)C(O)C(O)C3O)C(O)C2O)C(O)C1O)C(O)/C=C/CC/C=C/CCCCCCCCCCCCCCCCCCCCCCCCC. The van der Waals surface area contributed by atoms with E-state index in [4.69, 9.17) is 28.4 Å². The monoisotopic (exact) mass is 1490 g/mol. The maximum Gasteiger partial charge on any atom is 0.220 e. The van der Waals surface area contributed by atoms with E-state index in [1.807, 2.05) is 6.08 Å². The van der Waals surface area contributed by atoms with Gasteiger partial charge >= 0.3 is 0 Å². The summed E-state index contributed by atoms with van der Waals surface area (Å²) in [5, 5.41) is 121. The molecule has 3 rings (SSSR count). The lowest BCUT2D eigenvalue weighted by Gasteiger charge is -2.48. The van der Waals surface area contributed by atoms with Crippen molar-refractivity contribution in [2.75, 3.05) is 26.4 Å². The average molecular weight is 1490 g/mol. The maximum absolute atomic E-state index is 13.5. The third-order valence-electron chi connectivity index (χ3n) is 21.0. The van der Waals surface area contributed by atoms with Gasteiger partial charge in [-0.05, 0) is 70.6 Å². The number of ether oxygens (including phenoxy) is 6. The molecular formula is C86H155NO18. The number of carbonyl (C=O) groups is 1. The van der Waals surface area contributed by atoms with Crippen LogP contribution in [0.15, 0.2) is 72.9 Å². The Bertz CT molecular complexity index is 2180. The third-order valence-corrected chi connectivity index (χ3v) is 21.0. The molecule has 0 aliphatic carbocycles. The molecule has 1 amide bonds. The van der Waals surface area contributed by atoms with E-state index in [0.717, 1.165) is 64.2 Å². The van der Waals surface area contributed by atoms with E-state index in [-0.39, 0.29) is 18.9 Å². The molecule has 3 aliphatic heterocycles. The van der Waals surface area contributed by atoms with Gasteiger partial charge in [-0.2, -0.15) is 0 Å². The Labute approximate surface area is 636 Å². The molecule has 3 aliphatic rings. The summed E-state index contributed by atoms with van der Waals surface area (Å²) in [5.74, 6) is -0.282. The first-order valence-corrected chi connectivity index (χ1v) is 42.7. The highest BCUT2D eigenvalue weighted by atomic mass is 16.8. The van der Waals surface area contributed by atoms with Gasteiger partial charge in [-0.15, -0.1) is 0 Å². The minimum atomic E-state index is -1.98. The highest BCUT2D eigenvalue weighted by Gasteiger charge is 2.54. The van der Waals surface area contributed by atoms with Crippen molar-refractivity contribution in [1.82, 2.24) is 5.32 Å². The zero-order valence-electron chi connectivity index (χ0n) is 65.7. The third kappa shape index (κ3) is 45.4. The molecule has 0 aromatic rings. The number of hydrogen-bond acceptors (Lipinski definition) is 18. The van der Waals surface area contributed by atoms with E-state index >= 15 is 0 Å². The first kappa shape index (κ1) is 96.4. The van der Waals surface area contributed by atoms with Gasteiger partial charge in [-0.1, -0.05) is 331 Å². The summed E-state index contributed by atoms with van der Waals surface area (Å²) in [4.78, 5) is 13.5. The van der Waals surface area contributed by atoms with Gasteiger partial charge in [0.1, 0.15) is 73.2 Å². The van der Waals surface area contributed by atoms with Crippen molar-refractivity contribution in [1.29, 1.82) is 0 Å². The summed E-state index contributed by atoms with van der Waals surface area (Å²) in [6.45, 7) is 1.65. The van der Waals surface area contributed by atoms with E-state index in [9.17, 15) is 61.0 Å². The molecule has 3 heterocycles. The summed E-state index contributed by atoms with van der Waals surface area (Å²) in [6, 6.07) is -0.994. The Morgan fingerprint density at radius 3 is 1.07 bits per heavy atom. The van der Waals surface area contributed by atoms with Crippen LogP contribution in [0.5, 0.6) is 0 Å². The summed E-state index contributed by atoms with van der Waals surface area (Å²) >= 11 is 0. The van der Waals surface area contributed by atoms with Crippen LogP contribution in [0.3, 0.4) is 0 Å². The number of aliphatic hydroxyl groups excluding tert-OH is 11. The largest absolute Gasteiger partial charge is 0.394 e. The van der Waals surface area contributed by atoms with Crippen LogP contribution in [0, 0.1) is 0 Å². The van der Waals surface area contributed by atoms with Crippen LogP contribution in [0.4, 0.5) is 0 Å². The molecule has 0 bridgehead atoms. The van der Waals surface area contributed by atoms with E-state index in [0.29, 0.717) is 12.8 Å². The molecule has 105 heavy (non-hydrogen) atoms. The Morgan fingerprint density at radius 1 is 0.352 bits per heavy atom. The molecule has 0 aromatic heterocycles. The van der Waals surface area contributed by atoms with Crippen molar-refractivity contribution in [3.05, 3.63) is 72.9 Å². The van der Waals surface area contributed by atoms with Crippen LogP contribution in [0.1, 0.15) is 335 Å². The van der Waals surface area contributed by atoms with Gasteiger partial charge in [0.15, 0.2) is 18.9 Å². The molecule has 19 nitrogen and oxygen atoms in total. The van der Waals surface area contributed by atoms with E-state index in [1.165, 1.54) is 238 Å². The molecule has 17 atom stereocenters.